The first-order valence-corrected chi connectivity index (χ1v) is 9.24. The van der Waals surface area contributed by atoms with Crippen LogP contribution >= 0.6 is 11.6 Å². The first-order chi connectivity index (χ1) is 11.9. The van der Waals surface area contributed by atoms with E-state index in [2.05, 4.69) is 0 Å². The van der Waals surface area contributed by atoms with Crippen LogP contribution in [-0.2, 0) is 27.9 Å². The van der Waals surface area contributed by atoms with Crippen molar-refractivity contribution in [3.05, 3.63) is 70.7 Å². The van der Waals surface area contributed by atoms with Crippen molar-refractivity contribution in [2.24, 2.45) is 0 Å². The Kier molecular flexibility index (Phi) is 6.39. The van der Waals surface area contributed by atoms with Crippen molar-refractivity contribution in [1.29, 1.82) is 5.26 Å². The lowest BCUT2D eigenvalue weighted by atomic mass is 10.2. The van der Waals surface area contributed by atoms with E-state index in [4.69, 9.17) is 21.6 Å². The molecule has 130 valence electrons. The molecular formula is C17H15ClN2O4S. The van der Waals surface area contributed by atoms with E-state index in [0.717, 1.165) is 0 Å². The number of nitriles is 1. The molecule has 0 fully saturated rings. The molecular weight excluding hydrogens is 364 g/mol. The minimum Gasteiger partial charge on any atom is -0.444 e. The molecule has 8 heteroatoms. The summed E-state index contributed by atoms with van der Waals surface area (Å²) in [5.74, 6) is -0.835. The van der Waals surface area contributed by atoms with Crippen LogP contribution in [0.2, 0.25) is 5.02 Å². The molecule has 0 aliphatic heterocycles. The third kappa shape index (κ3) is 5.21. The molecule has 2 aromatic rings. The maximum absolute atomic E-state index is 12.3. The van der Waals surface area contributed by atoms with E-state index in [9.17, 15) is 13.2 Å². The molecule has 0 aliphatic rings. The number of hydrogen-bond acceptors (Lipinski definition) is 5. The number of halogens is 1. The molecule has 0 atom stereocenters. The second kappa shape index (κ2) is 8.51. The molecule has 0 saturated carbocycles. The molecule has 0 radical (unpaired) electrons. The minimum atomic E-state index is -4.15. The molecule has 25 heavy (non-hydrogen) atoms. The lowest BCUT2D eigenvalue weighted by molar-refractivity contribution is 0.117. The summed E-state index contributed by atoms with van der Waals surface area (Å²) >= 11 is 6.03. The largest absolute Gasteiger partial charge is 0.444 e. The number of rotatable bonds is 6. The van der Waals surface area contributed by atoms with Gasteiger partial charge in [-0.3, -0.25) is 0 Å². The fourth-order valence-electron chi connectivity index (χ4n) is 2.01. The third-order valence-electron chi connectivity index (χ3n) is 3.26. The Bertz CT molecular complexity index is 879. The lowest BCUT2D eigenvalue weighted by Crippen LogP contribution is -2.38. The van der Waals surface area contributed by atoms with Crippen LogP contribution in [0.4, 0.5) is 4.79 Å². The topological polar surface area (TPSA) is 87.5 Å². The van der Waals surface area contributed by atoms with Crippen molar-refractivity contribution in [2.75, 3.05) is 5.75 Å². The van der Waals surface area contributed by atoms with Crippen LogP contribution in [0.3, 0.4) is 0 Å². The van der Waals surface area contributed by atoms with Gasteiger partial charge in [-0.25, -0.2) is 13.2 Å². The SMILES string of the molecule is N#CCS(=O)(=O)N(Cc1ccccc1Cl)C(=O)OCc1ccccc1. The van der Waals surface area contributed by atoms with Crippen molar-refractivity contribution in [3.63, 3.8) is 0 Å². The van der Waals surface area contributed by atoms with Gasteiger partial charge in [-0.2, -0.15) is 9.57 Å². The summed E-state index contributed by atoms with van der Waals surface area (Å²) in [6, 6.07) is 16.9. The van der Waals surface area contributed by atoms with Gasteiger partial charge in [0.2, 0.25) is 0 Å². The van der Waals surface area contributed by atoms with Crippen LogP contribution in [-0.4, -0.2) is 24.6 Å². The Balaban J connectivity index is 2.21. The maximum Gasteiger partial charge on any atom is 0.424 e. The number of sulfonamides is 1. The van der Waals surface area contributed by atoms with E-state index < -0.39 is 21.9 Å². The van der Waals surface area contributed by atoms with Crippen molar-refractivity contribution >= 4 is 27.7 Å². The lowest BCUT2D eigenvalue weighted by Gasteiger charge is -2.21. The van der Waals surface area contributed by atoms with Gasteiger partial charge in [-0.1, -0.05) is 60.1 Å². The van der Waals surface area contributed by atoms with Gasteiger partial charge in [0.25, 0.3) is 10.0 Å². The number of carbonyl (C=O) groups excluding carboxylic acids is 1. The molecule has 6 nitrogen and oxygen atoms in total. The van der Waals surface area contributed by atoms with Gasteiger partial charge in [-0.05, 0) is 17.2 Å². The van der Waals surface area contributed by atoms with E-state index in [-0.39, 0.29) is 13.2 Å². The minimum absolute atomic E-state index is 0.0826. The molecule has 0 heterocycles. The monoisotopic (exact) mass is 378 g/mol. The molecule has 0 aliphatic carbocycles. The Hall–Kier alpha value is -2.56. The number of benzene rings is 2. The van der Waals surface area contributed by atoms with Gasteiger partial charge in [0.05, 0.1) is 12.6 Å². The van der Waals surface area contributed by atoms with Crippen molar-refractivity contribution < 1.29 is 17.9 Å². The molecule has 1 amide bonds. The fourth-order valence-corrected chi connectivity index (χ4v) is 3.14. The van der Waals surface area contributed by atoms with E-state index in [0.29, 0.717) is 20.5 Å². The summed E-state index contributed by atoms with van der Waals surface area (Å²) in [6.07, 6.45) is -1.06. The van der Waals surface area contributed by atoms with Gasteiger partial charge in [0, 0.05) is 5.02 Å². The molecule has 0 bridgehead atoms. The zero-order chi connectivity index (χ0) is 18.3. The maximum atomic E-state index is 12.3. The highest BCUT2D eigenvalue weighted by molar-refractivity contribution is 7.89. The van der Waals surface area contributed by atoms with Crippen LogP contribution in [0.1, 0.15) is 11.1 Å². The van der Waals surface area contributed by atoms with E-state index in [1.165, 1.54) is 0 Å². The van der Waals surface area contributed by atoms with Gasteiger partial charge in [-0.15, -0.1) is 0 Å². The normalized spacial score (nSPS) is 10.7. The van der Waals surface area contributed by atoms with Gasteiger partial charge in [0.1, 0.15) is 6.61 Å². The van der Waals surface area contributed by atoms with Crippen LogP contribution < -0.4 is 0 Å². The smallest absolute Gasteiger partial charge is 0.424 e. The van der Waals surface area contributed by atoms with Gasteiger partial charge < -0.3 is 4.74 Å². The first kappa shape index (κ1) is 18.8. The highest BCUT2D eigenvalue weighted by Crippen LogP contribution is 2.20. The standard InChI is InChI=1S/C17H15ClN2O4S/c18-16-9-5-4-8-15(16)12-20(25(22,23)11-10-19)17(21)24-13-14-6-2-1-3-7-14/h1-9H,11-13H2. The average molecular weight is 379 g/mol. The summed E-state index contributed by atoms with van der Waals surface area (Å²) in [5.41, 5.74) is 1.15. The average Bonchev–Trinajstić information content (AvgIpc) is 2.59. The van der Waals surface area contributed by atoms with Crippen molar-refractivity contribution in [1.82, 2.24) is 4.31 Å². The van der Waals surface area contributed by atoms with E-state index >= 15 is 0 Å². The number of amides is 1. The predicted molar refractivity (Wildman–Crippen MR) is 93.0 cm³/mol. The Morgan fingerprint density at radius 2 is 1.76 bits per heavy atom. The molecule has 0 aromatic heterocycles. The third-order valence-corrected chi connectivity index (χ3v) is 5.08. The second-order valence-corrected chi connectivity index (χ2v) is 7.35. The predicted octanol–water partition coefficient (Wildman–Crippen LogP) is 3.33. The Morgan fingerprint density at radius 3 is 2.40 bits per heavy atom. The van der Waals surface area contributed by atoms with Crippen molar-refractivity contribution in [3.8, 4) is 6.07 Å². The van der Waals surface area contributed by atoms with E-state index in [1.807, 2.05) is 6.07 Å². The summed E-state index contributed by atoms with van der Waals surface area (Å²) in [7, 11) is -4.15. The second-order valence-electron chi connectivity index (χ2n) is 5.05. The summed E-state index contributed by atoms with van der Waals surface area (Å²) in [6.45, 7) is -0.391. The summed E-state index contributed by atoms with van der Waals surface area (Å²) in [4.78, 5) is 12.3. The molecule has 0 saturated heterocycles. The highest BCUT2D eigenvalue weighted by Gasteiger charge is 2.29. The van der Waals surface area contributed by atoms with Crippen LogP contribution in [0.15, 0.2) is 54.6 Å². The fraction of sp³-hybridized carbons (Fsp3) is 0.176. The number of nitrogens with zero attached hydrogens (tertiary/aromatic N) is 2. The highest BCUT2D eigenvalue weighted by atomic mass is 35.5. The zero-order valence-electron chi connectivity index (χ0n) is 13.1. The molecule has 0 unspecified atom stereocenters. The van der Waals surface area contributed by atoms with E-state index in [1.54, 1.807) is 54.6 Å². The first-order valence-electron chi connectivity index (χ1n) is 7.25. The quantitative estimate of drug-likeness (QED) is 0.769. The van der Waals surface area contributed by atoms with Crippen LogP contribution in [0.25, 0.3) is 0 Å². The zero-order valence-corrected chi connectivity index (χ0v) is 14.7. The molecule has 2 rings (SSSR count). The van der Waals surface area contributed by atoms with Gasteiger partial charge >= 0.3 is 6.09 Å². The van der Waals surface area contributed by atoms with Crippen LogP contribution in [0, 0.1) is 11.3 Å². The molecule has 0 spiro atoms. The van der Waals surface area contributed by atoms with Crippen molar-refractivity contribution in [2.45, 2.75) is 13.2 Å². The Labute approximate surface area is 151 Å². The summed E-state index contributed by atoms with van der Waals surface area (Å²) in [5, 5.41) is 9.04. The molecule has 0 N–H and O–H groups in total. The summed E-state index contributed by atoms with van der Waals surface area (Å²) < 4.78 is 30.1. The Morgan fingerprint density at radius 1 is 1.12 bits per heavy atom. The number of hydrogen-bond donors (Lipinski definition) is 0. The number of carbonyl (C=O) groups is 1. The van der Waals surface area contributed by atoms with Crippen LogP contribution in [0.5, 0.6) is 0 Å². The van der Waals surface area contributed by atoms with Gasteiger partial charge in [0.15, 0.2) is 5.75 Å². The number of ether oxygens (including phenoxy) is 1. The molecule has 2 aromatic carbocycles.